The number of benzene rings is 1. The van der Waals surface area contributed by atoms with Crippen LogP contribution in [0.4, 0.5) is 0 Å². The number of hydrogen-bond acceptors (Lipinski definition) is 6. The lowest BCUT2D eigenvalue weighted by Crippen LogP contribution is -2.59. The largest absolute Gasteiger partial charge is 0.467 e. The fraction of sp³-hybridized carbons (Fsp3) is 0.429. The molecule has 1 aromatic heterocycles. The molecule has 0 aliphatic heterocycles. The maximum Gasteiger partial charge on any atom is 0.330 e. The Balaban J connectivity index is 1.78. The number of thiophene rings is 1. The SMILES string of the molecule is COC(=O)[C@@H](NC(=O)c1cc2ccc(C#CC3CC3CO)cc2s1)C(C)(C)N. The summed E-state index contributed by atoms with van der Waals surface area (Å²) in [5.41, 5.74) is 5.93. The molecule has 4 N–H and O–H groups in total. The van der Waals surface area contributed by atoms with Gasteiger partial charge in [0.1, 0.15) is 6.04 Å². The molecule has 3 atom stereocenters. The number of fused-ring (bicyclic) bond motifs is 1. The van der Waals surface area contributed by atoms with Crippen molar-refractivity contribution >= 4 is 33.3 Å². The fourth-order valence-corrected chi connectivity index (χ4v) is 3.90. The fourth-order valence-electron chi connectivity index (χ4n) is 2.89. The molecule has 0 bridgehead atoms. The predicted octanol–water partition coefficient (Wildman–Crippen LogP) is 1.89. The summed E-state index contributed by atoms with van der Waals surface area (Å²) in [6.07, 6.45) is 0.952. The maximum absolute atomic E-state index is 12.7. The van der Waals surface area contributed by atoms with Crippen molar-refractivity contribution in [1.82, 2.24) is 5.32 Å². The Hall–Kier alpha value is -2.40. The Morgan fingerprint density at radius 2 is 2.18 bits per heavy atom. The standard InChI is InChI=1S/C21H24N2O4S/c1-21(2,22)18(20(26)27-3)23-19(25)17-10-14-7-5-12(8-16(14)28-17)4-6-13-9-15(13)11-24/h5,7-8,10,13,15,18,24H,9,11,22H2,1-3H3,(H,23,25)/t13?,15?,18-/m1/s1. The van der Waals surface area contributed by atoms with E-state index in [0.717, 1.165) is 22.1 Å². The Labute approximate surface area is 168 Å². The summed E-state index contributed by atoms with van der Waals surface area (Å²) in [7, 11) is 1.26. The minimum absolute atomic E-state index is 0.188. The van der Waals surface area contributed by atoms with Gasteiger partial charge in [0.25, 0.3) is 5.91 Å². The number of amides is 1. The number of nitrogens with one attached hydrogen (secondary N) is 1. The average molecular weight is 401 g/mol. The Morgan fingerprint density at radius 1 is 1.43 bits per heavy atom. The number of aliphatic hydroxyl groups excluding tert-OH is 1. The van der Waals surface area contributed by atoms with Crippen LogP contribution in [-0.2, 0) is 9.53 Å². The molecule has 1 aliphatic carbocycles. The molecule has 1 fully saturated rings. The van der Waals surface area contributed by atoms with E-state index in [4.69, 9.17) is 15.6 Å². The predicted molar refractivity (Wildman–Crippen MR) is 109 cm³/mol. The van der Waals surface area contributed by atoms with Crippen LogP contribution in [0.1, 0.15) is 35.5 Å². The number of aliphatic hydroxyl groups is 1. The molecule has 0 saturated heterocycles. The lowest BCUT2D eigenvalue weighted by Gasteiger charge is -2.28. The van der Waals surface area contributed by atoms with Gasteiger partial charge >= 0.3 is 5.97 Å². The van der Waals surface area contributed by atoms with E-state index in [-0.39, 0.29) is 18.4 Å². The van der Waals surface area contributed by atoms with Gasteiger partial charge in [0.05, 0.1) is 12.0 Å². The Kier molecular flexibility index (Phi) is 5.75. The van der Waals surface area contributed by atoms with Crippen LogP contribution in [0.2, 0.25) is 0 Å². The lowest BCUT2D eigenvalue weighted by molar-refractivity contribution is -0.144. The van der Waals surface area contributed by atoms with Gasteiger partial charge in [0.2, 0.25) is 0 Å². The number of carbonyl (C=O) groups excluding carboxylic acids is 2. The van der Waals surface area contributed by atoms with Gasteiger partial charge in [0, 0.05) is 28.3 Å². The molecule has 6 nitrogen and oxygen atoms in total. The quantitative estimate of drug-likeness (QED) is 0.526. The van der Waals surface area contributed by atoms with E-state index in [1.807, 2.05) is 18.2 Å². The van der Waals surface area contributed by atoms with Gasteiger partial charge in [-0.2, -0.15) is 0 Å². The zero-order valence-corrected chi connectivity index (χ0v) is 16.9. The van der Waals surface area contributed by atoms with Crippen LogP contribution in [0, 0.1) is 23.7 Å². The molecule has 1 aromatic carbocycles. The van der Waals surface area contributed by atoms with E-state index in [1.165, 1.54) is 18.4 Å². The molecule has 1 saturated carbocycles. The van der Waals surface area contributed by atoms with Crippen LogP contribution in [0.25, 0.3) is 10.1 Å². The highest BCUT2D eigenvalue weighted by molar-refractivity contribution is 7.20. The van der Waals surface area contributed by atoms with Crippen LogP contribution in [0.3, 0.4) is 0 Å². The van der Waals surface area contributed by atoms with Crippen molar-refractivity contribution < 1.29 is 19.4 Å². The molecule has 1 aliphatic rings. The van der Waals surface area contributed by atoms with Crippen LogP contribution in [0.5, 0.6) is 0 Å². The monoisotopic (exact) mass is 400 g/mol. The number of hydrogen-bond donors (Lipinski definition) is 3. The summed E-state index contributed by atoms with van der Waals surface area (Å²) >= 11 is 1.33. The van der Waals surface area contributed by atoms with Gasteiger partial charge in [-0.05, 0) is 49.8 Å². The summed E-state index contributed by atoms with van der Waals surface area (Å²) in [6.45, 7) is 3.51. The number of rotatable bonds is 5. The van der Waals surface area contributed by atoms with Crippen molar-refractivity contribution in [2.75, 3.05) is 13.7 Å². The molecule has 0 radical (unpaired) electrons. The molecule has 3 rings (SSSR count). The summed E-state index contributed by atoms with van der Waals surface area (Å²) < 4.78 is 5.69. The molecular weight excluding hydrogens is 376 g/mol. The minimum atomic E-state index is -0.961. The first-order valence-electron chi connectivity index (χ1n) is 9.06. The third-order valence-electron chi connectivity index (χ3n) is 4.76. The van der Waals surface area contributed by atoms with E-state index in [2.05, 4.69) is 17.2 Å². The van der Waals surface area contributed by atoms with E-state index in [1.54, 1.807) is 19.9 Å². The number of esters is 1. The highest BCUT2D eigenvalue weighted by Crippen LogP contribution is 2.37. The average Bonchev–Trinajstić information content (AvgIpc) is 3.29. The number of nitrogens with two attached hydrogens (primary N) is 1. The summed E-state index contributed by atoms with van der Waals surface area (Å²) in [5, 5.41) is 12.7. The third-order valence-corrected chi connectivity index (χ3v) is 5.86. The molecule has 2 unspecified atom stereocenters. The number of ether oxygens (including phenoxy) is 1. The maximum atomic E-state index is 12.7. The molecule has 1 amide bonds. The smallest absolute Gasteiger partial charge is 0.330 e. The highest BCUT2D eigenvalue weighted by atomic mass is 32.1. The molecular formula is C21H24N2O4S. The Bertz CT molecular complexity index is 964. The lowest BCUT2D eigenvalue weighted by atomic mass is 9.96. The Morgan fingerprint density at radius 3 is 2.79 bits per heavy atom. The summed E-state index contributed by atoms with van der Waals surface area (Å²) in [6, 6.07) is 6.63. The topological polar surface area (TPSA) is 102 Å². The first kappa shape index (κ1) is 20.3. The molecule has 2 aromatic rings. The summed E-state index contributed by atoms with van der Waals surface area (Å²) in [5.74, 6) is 5.96. The van der Waals surface area contributed by atoms with Gasteiger partial charge < -0.3 is 20.9 Å². The highest BCUT2D eigenvalue weighted by Gasteiger charge is 2.35. The van der Waals surface area contributed by atoms with Crippen molar-refractivity contribution in [2.24, 2.45) is 17.6 Å². The molecule has 28 heavy (non-hydrogen) atoms. The van der Waals surface area contributed by atoms with E-state index in [0.29, 0.717) is 10.8 Å². The normalized spacial score (nSPS) is 19.5. The van der Waals surface area contributed by atoms with Crippen molar-refractivity contribution in [2.45, 2.75) is 31.8 Å². The number of methoxy groups -OCH3 is 1. The van der Waals surface area contributed by atoms with Crippen molar-refractivity contribution in [3.05, 3.63) is 34.7 Å². The second kappa shape index (κ2) is 7.92. The van der Waals surface area contributed by atoms with Gasteiger partial charge in [-0.15, -0.1) is 11.3 Å². The number of carbonyl (C=O) groups is 2. The minimum Gasteiger partial charge on any atom is -0.467 e. The zero-order chi connectivity index (χ0) is 20.5. The first-order valence-corrected chi connectivity index (χ1v) is 9.88. The van der Waals surface area contributed by atoms with Gasteiger partial charge in [-0.25, -0.2) is 4.79 Å². The van der Waals surface area contributed by atoms with Crippen molar-refractivity contribution in [1.29, 1.82) is 0 Å². The second-order valence-electron chi connectivity index (χ2n) is 7.67. The van der Waals surface area contributed by atoms with Crippen LogP contribution >= 0.6 is 11.3 Å². The molecule has 0 spiro atoms. The molecule has 1 heterocycles. The first-order chi connectivity index (χ1) is 13.2. The van der Waals surface area contributed by atoms with Gasteiger partial charge in [-0.1, -0.05) is 17.9 Å². The molecule has 7 heteroatoms. The van der Waals surface area contributed by atoms with Crippen molar-refractivity contribution in [3.63, 3.8) is 0 Å². The van der Waals surface area contributed by atoms with E-state index in [9.17, 15) is 9.59 Å². The molecule has 148 valence electrons. The summed E-state index contributed by atoms with van der Waals surface area (Å²) in [4.78, 5) is 25.1. The van der Waals surface area contributed by atoms with Gasteiger partial charge in [-0.3, -0.25) is 4.79 Å². The van der Waals surface area contributed by atoms with Crippen molar-refractivity contribution in [3.8, 4) is 11.8 Å². The van der Waals surface area contributed by atoms with Crippen LogP contribution < -0.4 is 11.1 Å². The van der Waals surface area contributed by atoms with Crippen LogP contribution in [-0.4, -0.2) is 42.3 Å². The van der Waals surface area contributed by atoms with E-state index < -0.39 is 17.6 Å². The third kappa shape index (κ3) is 4.53. The van der Waals surface area contributed by atoms with Crippen LogP contribution in [0.15, 0.2) is 24.3 Å². The zero-order valence-electron chi connectivity index (χ0n) is 16.1. The van der Waals surface area contributed by atoms with Gasteiger partial charge in [0.15, 0.2) is 0 Å². The second-order valence-corrected chi connectivity index (χ2v) is 8.75. The van der Waals surface area contributed by atoms with E-state index >= 15 is 0 Å².